The zero-order valence-corrected chi connectivity index (χ0v) is 7.99. The highest BCUT2D eigenvalue weighted by Crippen LogP contribution is 2.26. The molecule has 0 aromatic carbocycles. The second-order valence-corrected chi connectivity index (χ2v) is 2.77. The Morgan fingerprint density at radius 2 is 2.07 bits per heavy atom. The molecule has 0 aromatic heterocycles. The Hall–Kier alpha value is -1.83. The van der Waals surface area contributed by atoms with Gasteiger partial charge in [-0.05, 0) is 6.92 Å². The quantitative estimate of drug-likeness (QED) is 0.495. The molecule has 14 heavy (non-hydrogen) atoms. The number of allylic oxidation sites excluding steroid dienone is 8. The van der Waals surface area contributed by atoms with Crippen LogP contribution in [-0.4, -0.2) is 5.78 Å². The largest absolute Gasteiger partial charge is 0.871 e. The Bertz CT molecular complexity index is 379. The molecule has 0 aliphatic heterocycles. The van der Waals surface area contributed by atoms with E-state index in [2.05, 4.69) is 6.58 Å². The average Bonchev–Trinajstić information content (AvgIpc) is 2.19. The molecule has 2 nitrogen and oxygen atoms in total. The minimum absolute atomic E-state index is 0.189. The van der Waals surface area contributed by atoms with Crippen molar-refractivity contribution in [2.45, 2.75) is 6.92 Å². The van der Waals surface area contributed by atoms with Crippen molar-refractivity contribution < 1.29 is 9.90 Å². The van der Waals surface area contributed by atoms with Gasteiger partial charge in [0.15, 0.2) is 5.78 Å². The second-order valence-electron chi connectivity index (χ2n) is 2.77. The van der Waals surface area contributed by atoms with Crippen LogP contribution in [0.2, 0.25) is 0 Å². The molecule has 0 unspecified atom stereocenters. The van der Waals surface area contributed by atoms with Crippen LogP contribution in [0.5, 0.6) is 0 Å². The normalized spacial score (nSPS) is 19.8. The number of carbonyl (C=O) groups excluding carboxylic acids is 1. The van der Waals surface area contributed by atoms with E-state index in [1.165, 1.54) is 18.2 Å². The van der Waals surface area contributed by atoms with Gasteiger partial charge in [-0.25, -0.2) is 0 Å². The summed E-state index contributed by atoms with van der Waals surface area (Å²) in [5.41, 5.74) is 0.493. The van der Waals surface area contributed by atoms with Crippen molar-refractivity contribution in [1.82, 2.24) is 0 Å². The second kappa shape index (κ2) is 4.42. The SMILES string of the molecule is C=CC=CC1=C([O-])C(=CC=CC)C1=O. The molecule has 0 saturated carbocycles. The lowest BCUT2D eigenvalue weighted by Gasteiger charge is -2.28. The molecule has 0 amide bonds. The van der Waals surface area contributed by atoms with Gasteiger partial charge in [-0.15, -0.1) is 0 Å². The number of ketones is 1. The van der Waals surface area contributed by atoms with E-state index in [1.807, 2.05) is 6.92 Å². The first-order chi connectivity index (χ1) is 6.72. The predicted molar refractivity (Wildman–Crippen MR) is 54.3 cm³/mol. The van der Waals surface area contributed by atoms with E-state index in [-0.39, 0.29) is 22.7 Å². The molecule has 0 saturated heterocycles. The molecule has 0 radical (unpaired) electrons. The van der Waals surface area contributed by atoms with Gasteiger partial charge in [0.25, 0.3) is 0 Å². The summed E-state index contributed by atoms with van der Waals surface area (Å²) >= 11 is 0. The summed E-state index contributed by atoms with van der Waals surface area (Å²) in [5, 5.41) is 11.3. The van der Waals surface area contributed by atoms with Crippen LogP contribution in [0.4, 0.5) is 0 Å². The number of hydrogen-bond acceptors (Lipinski definition) is 2. The summed E-state index contributed by atoms with van der Waals surface area (Å²) < 4.78 is 0. The highest BCUT2D eigenvalue weighted by molar-refractivity contribution is 6.20. The standard InChI is InChI=1S/C12H12O2/c1-3-5-7-9-11(13)10(12(9)14)8-6-4-2/h3-8,13H,1H2,2H3/p-1. The maximum atomic E-state index is 11.3. The third kappa shape index (κ3) is 1.74. The molecule has 1 aliphatic rings. The maximum Gasteiger partial charge on any atom is 0.191 e. The van der Waals surface area contributed by atoms with Crippen molar-refractivity contribution in [3.8, 4) is 0 Å². The minimum atomic E-state index is -0.189. The Balaban J connectivity index is 2.93. The predicted octanol–water partition coefficient (Wildman–Crippen LogP) is 1.43. The first-order valence-electron chi connectivity index (χ1n) is 4.30. The van der Waals surface area contributed by atoms with Crippen molar-refractivity contribution in [1.29, 1.82) is 0 Å². The minimum Gasteiger partial charge on any atom is -0.871 e. The molecule has 1 aliphatic carbocycles. The van der Waals surface area contributed by atoms with Crippen LogP contribution < -0.4 is 5.11 Å². The summed E-state index contributed by atoms with van der Waals surface area (Å²) in [4.78, 5) is 11.3. The zero-order valence-electron chi connectivity index (χ0n) is 7.99. The van der Waals surface area contributed by atoms with Crippen LogP contribution in [-0.2, 0) is 4.79 Å². The van der Waals surface area contributed by atoms with Gasteiger partial charge in [0, 0.05) is 11.1 Å². The number of Topliss-reactive ketones (excluding diaryl/α,β-unsaturated/α-hetero) is 1. The van der Waals surface area contributed by atoms with E-state index in [1.54, 1.807) is 18.2 Å². The molecule has 0 atom stereocenters. The van der Waals surface area contributed by atoms with Gasteiger partial charge in [0.05, 0.1) is 0 Å². The zero-order chi connectivity index (χ0) is 10.6. The molecule has 0 spiro atoms. The van der Waals surface area contributed by atoms with E-state index in [0.29, 0.717) is 0 Å². The van der Waals surface area contributed by atoms with Crippen LogP contribution in [0.15, 0.2) is 59.9 Å². The van der Waals surface area contributed by atoms with Crippen molar-refractivity contribution in [3.05, 3.63) is 59.9 Å². The van der Waals surface area contributed by atoms with Gasteiger partial charge in [-0.3, -0.25) is 4.79 Å². The summed E-state index contributed by atoms with van der Waals surface area (Å²) in [7, 11) is 0. The van der Waals surface area contributed by atoms with Gasteiger partial charge in [-0.2, -0.15) is 0 Å². The molecule has 72 valence electrons. The van der Waals surface area contributed by atoms with Crippen LogP contribution in [0, 0.1) is 0 Å². The van der Waals surface area contributed by atoms with E-state index in [9.17, 15) is 9.90 Å². The first kappa shape index (κ1) is 10.3. The Labute approximate surface area is 83.3 Å². The topological polar surface area (TPSA) is 40.1 Å². The van der Waals surface area contributed by atoms with Crippen LogP contribution in [0.1, 0.15) is 6.92 Å². The molecule has 1 rings (SSSR count). The highest BCUT2D eigenvalue weighted by atomic mass is 16.3. The van der Waals surface area contributed by atoms with E-state index >= 15 is 0 Å². The Kier molecular flexibility index (Phi) is 3.24. The smallest absolute Gasteiger partial charge is 0.191 e. The first-order valence-corrected chi connectivity index (χ1v) is 4.30. The van der Waals surface area contributed by atoms with Gasteiger partial charge in [-0.1, -0.05) is 48.8 Å². The fraction of sp³-hybridized carbons (Fsp3) is 0.0833. The molecule has 0 heterocycles. The van der Waals surface area contributed by atoms with Crippen LogP contribution in [0.3, 0.4) is 0 Å². The third-order valence-corrected chi connectivity index (χ3v) is 1.83. The Morgan fingerprint density at radius 1 is 1.36 bits per heavy atom. The van der Waals surface area contributed by atoms with Gasteiger partial charge in [0.2, 0.25) is 0 Å². The van der Waals surface area contributed by atoms with Gasteiger partial charge in [0.1, 0.15) is 0 Å². The molecule has 0 aromatic rings. The van der Waals surface area contributed by atoms with Gasteiger partial charge < -0.3 is 5.11 Å². The lowest BCUT2D eigenvalue weighted by Crippen LogP contribution is -2.28. The number of rotatable bonds is 3. The summed E-state index contributed by atoms with van der Waals surface area (Å²) in [6.45, 7) is 5.29. The van der Waals surface area contributed by atoms with E-state index in [0.717, 1.165) is 0 Å². The molecule has 0 N–H and O–H groups in total. The van der Waals surface area contributed by atoms with Crippen molar-refractivity contribution in [3.63, 3.8) is 0 Å². The van der Waals surface area contributed by atoms with Crippen molar-refractivity contribution in [2.75, 3.05) is 0 Å². The third-order valence-electron chi connectivity index (χ3n) is 1.83. The molecule has 0 bridgehead atoms. The highest BCUT2D eigenvalue weighted by Gasteiger charge is 2.23. The summed E-state index contributed by atoms with van der Waals surface area (Å²) in [5.74, 6) is -0.377. The Morgan fingerprint density at radius 3 is 2.57 bits per heavy atom. The lowest BCUT2D eigenvalue weighted by atomic mass is 9.87. The maximum absolute atomic E-state index is 11.3. The van der Waals surface area contributed by atoms with Crippen molar-refractivity contribution in [2.24, 2.45) is 0 Å². The van der Waals surface area contributed by atoms with E-state index < -0.39 is 0 Å². The monoisotopic (exact) mass is 187 g/mol. The average molecular weight is 187 g/mol. The van der Waals surface area contributed by atoms with Crippen molar-refractivity contribution >= 4 is 5.78 Å². The fourth-order valence-corrected chi connectivity index (χ4v) is 1.09. The summed E-state index contributed by atoms with van der Waals surface area (Å²) in [6, 6.07) is 0. The van der Waals surface area contributed by atoms with Gasteiger partial charge >= 0.3 is 0 Å². The fourth-order valence-electron chi connectivity index (χ4n) is 1.09. The number of carbonyl (C=O) groups is 1. The molecule has 2 heteroatoms. The lowest BCUT2D eigenvalue weighted by molar-refractivity contribution is -0.300. The van der Waals surface area contributed by atoms with Crippen LogP contribution >= 0.6 is 0 Å². The number of hydrogen-bond donors (Lipinski definition) is 0. The molecular weight excluding hydrogens is 176 g/mol. The molecular formula is C12H11O2-. The van der Waals surface area contributed by atoms with Crippen LogP contribution in [0.25, 0.3) is 0 Å². The summed E-state index contributed by atoms with van der Waals surface area (Å²) in [6.07, 6.45) is 9.59. The molecule has 0 fully saturated rings. The van der Waals surface area contributed by atoms with E-state index in [4.69, 9.17) is 0 Å².